The van der Waals surface area contributed by atoms with Crippen LogP contribution in [0.5, 0.6) is 0 Å². The second-order valence-electron chi connectivity index (χ2n) is 3.07. The lowest BCUT2D eigenvalue weighted by Gasteiger charge is -2.05. The number of Topliss-reactive ketones (excluding diaryl/α,β-unsaturated/α-hetero) is 1. The topological polar surface area (TPSA) is 86.2 Å². The van der Waals surface area contributed by atoms with Crippen LogP contribution in [0.4, 0.5) is 5.69 Å². The van der Waals surface area contributed by atoms with Crippen molar-refractivity contribution in [3.05, 3.63) is 38.9 Å². The lowest BCUT2D eigenvalue weighted by molar-refractivity contribution is -0.384. The molecule has 1 aromatic carbocycles. The predicted octanol–water partition coefficient (Wildman–Crippen LogP) is 1.78. The second kappa shape index (κ2) is 4.37. The average molecular weight is 229 g/mol. The maximum absolute atomic E-state index is 11.5. The minimum Gasteiger partial charge on any atom is -0.321 e. The highest BCUT2D eigenvalue weighted by Crippen LogP contribution is 2.22. The van der Waals surface area contributed by atoms with Crippen LogP contribution >= 0.6 is 11.6 Å². The number of carbonyl (C=O) groups is 1. The van der Waals surface area contributed by atoms with Crippen molar-refractivity contribution in [1.82, 2.24) is 0 Å². The van der Waals surface area contributed by atoms with Crippen LogP contribution < -0.4 is 5.73 Å². The molecule has 0 aliphatic rings. The molecule has 0 bridgehead atoms. The molecule has 0 amide bonds. The summed E-state index contributed by atoms with van der Waals surface area (Å²) in [6.45, 7) is 1.50. The average Bonchev–Trinajstić information content (AvgIpc) is 2.16. The predicted molar refractivity (Wildman–Crippen MR) is 56.1 cm³/mol. The largest absolute Gasteiger partial charge is 0.321 e. The Balaban J connectivity index is 3.22. The number of benzene rings is 1. The van der Waals surface area contributed by atoms with E-state index in [1.165, 1.54) is 19.1 Å². The second-order valence-corrected chi connectivity index (χ2v) is 3.48. The molecule has 0 saturated carbocycles. The van der Waals surface area contributed by atoms with Crippen LogP contribution in [-0.4, -0.2) is 16.7 Å². The van der Waals surface area contributed by atoms with Crippen LogP contribution in [0.3, 0.4) is 0 Å². The highest BCUT2D eigenvalue weighted by molar-refractivity contribution is 6.34. The molecule has 6 heteroatoms. The normalized spacial score (nSPS) is 12.2. The van der Waals surface area contributed by atoms with Crippen LogP contribution in [0.1, 0.15) is 17.3 Å². The van der Waals surface area contributed by atoms with Gasteiger partial charge in [-0.1, -0.05) is 11.6 Å². The molecule has 1 aromatic rings. The highest BCUT2D eigenvalue weighted by atomic mass is 35.5. The van der Waals surface area contributed by atoms with Gasteiger partial charge in [0.05, 0.1) is 16.0 Å². The summed E-state index contributed by atoms with van der Waals surface area (Å²) < 4.78 is 0. The zero-order chi connectivity index (χ0) is 11.6. The molecule has 5 nitrogen and oxygen atoms in total. The van der Waals surface area contributed by atoms with Gasteiger partial charge in [-0.05, 0) is 13.0 Å². The maximum atomic E-state index is 11.5. The van der Waals surface area contributed by atoms with Gasteiger partial charge in [-0.25, -0.2) is 0 Å². The third kappa shape index (κ3) is 2.51. The molecule has 0 aliphatic carbocycles. The van der Waals surface area contributed by atoms with Gasteiger partial charge in [-0.3, -0.25) is 14.9 Å². The van der Waals surface area contributed by atoms with E-state index in [2.05, 4.69) is 0 Å². The van der Waals surface area contributed by atoms with Gasteiger partial charge in [0.2, 0.25) is 0 Å². The molecular weight excluding hydrogens is 220 g/mol. The Morgan fingerprint density at radius 3 is 2.67 bits per heavy atom. The van der Waals surface area contributed by atoms with E-state index in [9.17, 15) is 14.9 Å². The molecule has 0 fully saturated rings. The van der Waals surface area contributed by atoms with Crippen LogP contribution in [0.2, 0.25) is 5.02 Å². The summed E-state index contributed by atoms with van der Waals surface area (Å²) in [6, 6.07) is 2.95. The molecule has 0 aromatic heterocycles. The molecule has 0 heterocycles. The molecule has 0 aliphatic heterocycles. The van der Waals surface area contributed by atoms with Crippen LogP contribution in [-0.2, 0) is 0 Å². The Morgan fingerprint density at radius 2 is 2.20 bits per heavy atom. The zero-order valence-electron chi connectivity index (χ0n) is 7.94. The fourth-order valence-corrected chi connectivity index (χ4v) is 1.27. The van der Waals surface area contributed by atoms with E-state index in [1.807, 2.05) is 0 Å². The van der Waals surface area contributed by atoms with Crippen molar-refractivity contribution in [3.63, 3.8) is 0 Å². The third-order valence-corrected chi connectivity index (χ3v) is 2.17. The van der Waals surface area contributed by atoms with E-state index in [-0.39, 0.29) is 16.3 Å². The summed E-state index contributed by atoms with van der Waals surface area (Å²) in [4.78, 5) is 21.4. The van der Waals surface area contributed by atoms with Gasteiger partial charge in [0.1, 0.15) is 0 Å². The maximum Gasteiger partial charge on any atom is 0.270 e. The minimum atomic E-state index is -0.732. The Kier molecular flexibility index (Phi) is 3.39. The van der Waals surface area contributed by atoms with E-state index >= 15 is 0 Å². The number of halogens is 1. The van der Waals surface area contributed by atoms with Crippen LogP contribution in [0.25, 0.3) is 0 Å². The summed E-state index contributed by atoms with van der Waals surface area (Å²) in [5.74, 6) is -0.413. The summed E-state index contributed by atoms with van der Waals surface area (Å²) in [5.41, 5.74) is 5.29. The fourth-order valence-electron chi connectivity index (χ4n) is 1.06. The van der Waals surface area contributed by atoms with Crippen molar-refractivity contribution in [2.45, 2.75) is 13.0 Å². The number of ketones is 1. The number of carbonyl (C=O) groups excluding carboxylic acids is 1. The van der Waals surface area contributed by atoms with Gasteiger partial charge < -0.3 is 5.73 Å². The minimum absolute atomic E-state index is 0.0841. The van der Waals surface area contributed by atoms with E-state index in [4.69, 9.17) is 17.3 Å². The van der Waals surface area contributed by atoms with Gasteiger partial charge in [0.25, 0.3) is 5.69 Å². The van der Waals surface area contributed by atoms with Crippen LogP contribution in [0.15, 0.2) is 18.2 Å². The Labute approximate surface area is 91.0 Å². The molecule has 0 saturated heterocycles. The summed E-state index contributed by atoms with van der Waals surface area (Å²) >= 11 is 5.74. The van der Waals surface area contributed by atoms with E-state index in [1.54, 1.807) is 0 Å². The summed E-state index contributed by atoms with van der Waals surface area (Å²) in [6.07, 6.45) is 0. The first-order valence-electron chi connectivity index (χ1n) is 4.17. The van der Waals surface area contributed by atoms with Crippen molar-refractivity contribution in [3.8, 4) is 0 Å². The van der Waals surface area contributed by atoms with Crippen molar-refractivity contribution in [2.75, 3.05) is 0 Å². The number of rotatable bonds is 3. The Hall–Kier alpha value is -1.46. The molecule has 1 rings (SSSR count). The van der Waals surface area contributed by atoms with Gasteiger partial charge in [0, 0.05) is 17.7 Å². The Morgan fingerprint density at radius 1 is 1.60 bits per heavy atom. The smallest absolute Gasteiger partial charge is 0.270 e. The third-order valence-electron chi connectivity index (χ3n) is 1.84. The molecule has 1 unspecified atom stereocenters. The molecule has 0 spiro atoms. The number of hydrogen-bond donors (Lipinski definition) is 1. The fraction of sp³-hybridized carbons (Fsp3) is 0.222. The summed E-state index contributed by atoms with van der Waals surface area (Å²) in [5, 5.41) is 10.6. The number of nitro benzene ring substituents is 1. The monoisotopic (exact) mass is 228 g/mol. The van der Waals surface area contributed by atoms with Gasteiger partial charge in [0.15, 0.2) is 5.78 Å². The molecule has 80 valence electrons. The van der Waals surface area contributed by atoms with Gasteiger partial charge in [-0.2, -0.15) is 0 Å². The zero-order valence-corrected chi connectivity index (χ0v) is 8.69. The SMILES string of the molecule is CC(N)C(=O)c1cc([N+](=O)[O-])ccc1Cl. The molecule has 1 atom stereocenters. The van der Waals surface area contributed by atoms with Crippen molar-refractivity contribution in [1.29, 1.82) is 0 Å². The van der Waals surface area contributed by atoms with Crippen LogP contribution in [0, 0.1) is 10.1 Å². The number of nitrogens with zero attached hydrogens (tertiary/aromatic N) is 1. The number of nitrogens with two attached hydrogens (primary N) is 1. The van der Waals surface area contributed by atoms with Crippen molar-refractivity contribution < 1.29 is 9.72 Å². The lowest BCUT2D eigenvalue weighted by Crippen LogP contribution is -2.26. The van der Waals surface area contributed by atoms with Gasteiger partial charge in [-0.15, -0.1) is 0 Å². The number of hydrogen-bond acceptors (Lipinski definition) is 4. The first-order valence-corrected chi connectivity index (χ1v) is 4.55. The highest BCUT2D eigenvalue weighted by Gasteiger charge is 2.18. The summed E-state index contributed by atoms with van der Waals surface area (Å²) in [7, 11) is 0. The lowest BCUT2D eigenvalue weighted by atomic mass is 10.1. The van der Waals surface area contributed by atoms with Gasteiger partial charge >= 0.3 is 0 Å². The van der Waals surface area contributed by atoms with E-state index < -0.39 is 16.7 Å². The Bertz CT molecular complexity index is 418. The number of non-ortho nitro benzene ring substituents is 1. The van der Waals surface area contributed by atoms with Crippen molar-refractivity contribution >= 4 is 23.1 Å². The quantitative estimate of drug-likeness (QED) is 0.485. The van der Waals surface area contributed by atoms with E-state index in [0.717, 1.165) is 6.07 Å². The van der Waals surface area contributed by atoms with Crippen molar-refractivity contribution in [2.24, 2.45) is 5.73 Å². The standard InChI is InChI=1S/C9H9ClN2O3/c1-5(11)9(13)7-4-6(12(14)15)2-3-8(7)10/h2-5H,11H2,1H3. The molecule has 2 N–H and O–H groups in total. The molecule has 15 heavy (non-hydrogen) atoms. The molecule has 0 radical (unpaired) electrons. The molecular formula is C9H9ClN2O3. The first kappa shape index (κ1) is 11.6. The van der Waals surface area contributed by atoms with E-state index in [0.29, 0.717) is 0 Å². The first-order chi connectivity index (χ1) is 6.93. The number of nitro groups is 1.